The number of aryl methyl sites for hydroxylation is 3. The molecule has 0 spiro atoms. The average molecular weight is 424 g/mol. The monoisotopic (exact) mass is 423 g/mol. The van der Waals surface area contributed by atoms with E-state index < -0.39 is 0 Å². The molecule has 1 amide bonds. The van der Waals surface area contributed by atoms with Crippen molar-refractivity contribution in [3.8, 4) is 0 Å². The molecule has 0 saturated heterocycles. The number of carbonyl (C=O) groups excluding carboxylic acids is 1. The van der Waals surface area contributed by atoms with Crippen molar-refractivity contribution in [2.75, 3.05) is 5.75 Å². The molecule has 1 aliphatic rings. The van der Waals surface area contributed by atoms with Crippen LogP contribution in [0.1, 0.15) is 34.6 Å². The number of hydrogen-bond acceptors (Lipinski definition) is 5. The molecule has 0 radical (unpaired) electrons. The third-order valence-electron chi connectivity index (χ3n) is 5.33. The van der Waals surface area contributed by atoms with Gasteiger partial charge in [0, 0.05) is 38.0 Å². The van der Waals surface area contributed by atoms with Crippen molar-refractivity contribution in [2.24, 2.45) is 7.05 Å². The number of nitrogens with one attached hydrogen (secondary N) is 1. The van der Waals surface area contributed by atoms with E-state index in [-0.39, 0.29) is 17.6 Å². The molecule has 8 heteroatoms. The molecule has 2 aromatic heterocycles. The molecule has 1 N–H and O–H groups in total. The van der Waals surface area contributed by atoms with Crippen LogP contribution in [0.15, 0.2) is 58.5 Å². The summed E-state index contributed by atoms with van der Waals surface area (Å²) in [4.78, 5) is 29.5. The Morgan fingerprint density at radius 1 is 1.20 bits per heavy atom. The van der Waals surface area contributed by atoms with Gasteiger partial charge in [0.05, 0.1) is 5.56 Å². The Hall–Kier alpha value is -2.87. The number of fused-ring (bicyclic) bond motifs is 1. The lowest BCUT2D eigenvalue weighted by Gasteiger charge is -2.17. The first-order chi connectivity index (χ1) is 14.6. The second-order valence-electron chi connectivity index (χ2n) is 7.41. The van der Waals surface area contributed by atoms with Crippen LogP contribution in [0.5, 0.6) is 0 Å². The van der Waals surface area contributed by atoms with Gasteiger partial charge in [-0.3, -0.25) is 9.36 Å². The van der Waals surface area contributed by atoms with Crippen LogP contribution in [0.2, 0.25) is 0 Å². The minimum absolute atomic E-state index is 0.00582. The summed E-state index contributed by atoms with van der Waals surface area (Å²) in [6.45, 7) is 0.568. The average Bonchev–Trinajstić information content (AvgIpc) is 2.91. The largest absolute Gasteiger partial charge is 0.349 e. The summed E-state index contributed by atoms with van der Waals surface area (Å²) in [7, 11) is 1.67. The normalized spacial score (nSPS) is 16.0. The predicted octanol–water partition coefficient (Wildman–Crippen LogP) is 2.45. The Balaban J connectivity index is 1.37. The van der Waals surface area contributed by atoms with Crippen molar-refractivity contribution in [3.05, 3.63) is 76.1 Å². The SMILES string of the molecule is Cn1nc2n(c1=O)CCC(NC(=O)c1cccnc1SCCc1ccccc1)CC2. The smallest absolute Gasteiger partial charge is 0.345 e. The number of aromatic nitrogens is 4. The van der Waals surface area contributed by atoms with Crippen LogP contribution >= 0.6 is 11.8 Å². The molecule has 0 aliphatic carbocycles. The van der Waals surface area contributed by atoms with Crippen molar-refractivity contribution in [2.45, 2.75) is 43.3 Å². The highest BCUT2D eigenvalue weighted by Gasteiger charge is 2.22. The first-order valence-corrected chi connectivity index (χ1v) is 11.2. The van der Waals surface area contributed by atoms with Gasteiger partial charge in [0.1, 0.15) is 10.9 Å². The molecule has 0 saturated carbocycles. The molecule has 1 aromatic carbocycles. The highest BCUT2D eigenvalue weighted by Crippen LogP contribution is 2.22. The fraction of sp³-hybridized carbons (Fsp3) is 0.364. The molecule has 1 atom stereocenters. The van der Waals surface area contributed by atoms with Crippen LogP contribution in [0.3, 0.4) is 0 Å². The third kappa shape index (κ3) is 4.64. The topological polar surface area (TPSA) is 81.8 Å². The van der Waals surface area contributed by atoms with Crippen LogP contribution in [0, 0.1) is 0 Å². The van der Waals surface area contributed by atoms with Crippen molar-refractivity contribution in [1.82, 2.24) is 24.6 Å². The molecular formula is C22H25N5O2S. The van der Waals surface area contributed by atoms with E-state index in [0.29, 0.717) is 24.9 Å². The summed E-state index contributed by atoms with van der Waals surface area (Å²) in [5.74, 6) is 1.54. The standard InChI is InChI=1S/C22H25N5O2S/c1-26-22(29)27-14-11-17(9-10-19(27)25-26)24-20(28)18-8-5-13-23-21(18)30-15-12-16-6-3-2-4-7-16/h2-8,13,17H,9-12,14-15H2,1H3,(H,24,28). The second-order valence-corrected chi connectivity index (χ2v) is 8.50. The molecule has 0 fully saturated rings. The van der Waals surface area contributed by atoms with Gasteiger partial charge in [0.2, 0.25) is 0 Å². The Morgan fingerprint density at radius 3 is 2.87 bits per heavy atom. The third-order valence-corrected chi connectivity index (χ3v) is 6.33. The Labute approximate surface area is 179 Å². The zero-order chi connectivity index (χ0) is 20.9. The van der Waals surface area contributed by atoms with Crippen LogP contribution in [-0.4, -0.2) is 37.0 Å². The van der Waals surface area contributed by atoms with E-state index >= 15 is 0 Å². The van der Waals surface area contributed by atoms with Crippen LogP contribution in [0.4, 0.5) is 0 Å². The number of amides is 1. The molecule has 1 unspecified atom stereocenters. The maximum atomic E-state index is 13.0. The first kappa shape index (κ1) is 20.4. The van der Waals surface area contributed by atoms with Gasteiger partial charge in [0.15, 0.2) is 0 Å². The van der Waals surface area contributed by atoms with E-state index in [0.717, 1.165) is 29.4 Å². The highest BCUT2D eigenvalue weighted by molar-refractivity contribution is 7.99. The molecular weight excluding hydrogens is 398 g/mol. The van der Waals surface area contributed by atoms with Crippen LogP contribution in [-0.2, 0) is 26.4 Å². The molecule has 0 bridgehead atoms. The van der Waals surface area contributed by atoms with E-state index in [4.69, 9.17) is 0 Å². The van der Waals surface area contributed by atoms with Gasteiger partial charge < -0.3 is 5.32 Å². The van der Waals surface area contributed by atoms with Gasteiger partial charge >= 0.3 is 5.69 Å². The predicted molar refractivity (Wildman–Crippen MR) is 117 cm³/mol. The van der Waals surface area contributed by atoms with E-state index in [1.54, 1.807) is 35.6 Å². The highest BCUT2D eigenvalue weighted by atomic mass is 32.2. The Morgan fingerprint density at radius 2 is 2.03 bits per heavy atom. The summed E-state index contributed by atoms with van der Waals surface area (Å²) in [5.41, 5.74) is 1.78. The van der Waals surface area contributed by atoms with Crippen molar-refractivity contribution >= 4 is 17.7 Å². The summed E-state index contributed by atoms with van der Waals surface area (Å²) in [6.07, 6.45) is 4.79. The zero-order valence-electron chi connectivity index (χ0n) is 17.0. The Bertz CT molecular complexity index is 1080. The maximum absolute atomic E-state index is 13.0. The number of benzene rings is 1. The van der Waals surface area contributed by atoms with Gasteiger partial charge in [-0.15, -0.1) is 11.8 Å². The van der Waals surface area contributed by atoms with Gasteiger partial charge in [-0.2, -0.15) is 5.10 Å². The van der Waals surface area contributed by atoms with Crippen LogP contribution < -0.4 is 11.0 Å². The van der Waals surface area contributed by atoms with Gasteiger partial charge in [0.25, 0.3) is 5.91 Å². The quantitative estimate of drug-likeness (QED) is 0.616. The summed E-state index contributed by atoms with van der Waals surface area (Å²) >= 11 is 1.60. The second kappa shape index (κ2) is 9.30. The van der Waals surface area contributed by atoms with Gasteiger partial charge in [-0.1, -0.05) is 30.3 Å². The first-order valence-electron chi connectivity index (χ1n) is 10.2. The fourth-order valence-corrected chi connectivity index (χ4v) is 4.68. The fourth-order valence-electron chi connectivity index (χ4n) is 3.69. The molecule has 7 nitrogen and oxygen atoms in total. The number of pyridine rings is 1. The minimum atomic E-state index is -0.109. The molecule has 3 aromatic rings. The summed E-state index contributed by atoms with van der Waals surface area (Å²) in [6, 6.07) is 13.9. The van der Waals surface area contributed by atoms with Gasteiger partial charge in [-0.05, 0) is 37.0 Å². The number of thioether (sulfide) groups is 1. The van der Waals surface area contributed by atoms with Crippen molar-refractivity contribution in [1.29, 1.82) is 0 Å². The summed E-state index contributed by atoms with van der Waals surface area (Å²) < 4.78 is 3.09. The molecule has 3 heterocycles. The lowest BCUT2D eigenvalue weighted by atomic mass is 10.1. The van der Waals surface area contributed by atoms with E-state index in [1.165, 1.54) is 10.2 Å². The lowest BCUT2D eigenvalue weighted by molar-refractivity contribution is 0.0929. The van der Waals surface area contributed by atoms with E-state index in [1.807, 2.05) is 24.3 Å². The van der Waals surface area contributed by atoms with Crippen molar-refractivity contribution < 1.29 is 4.79 Å². The number of nitrogens with zero attached hydrogens (tertiary/aromatic N) is 4. The molecule has 1 aliphatic heterocycles. The number of rotatable bonds is 6. The van der Waals surface area contributed by atoms with Crippen LogP contribution in [0.25, 0.3) is 0 Å². The maximum Gasteiger partial charge on any atom is 0.345 e. The zero-order valence-corrected chi connectivity index (χ0v) is 17.8. The number of carbonyl (C=O) groups is 1. The van der Waals surface area contributed by atoms with E-state index in [9.17, 15) is 9.59 Å². The van der Waals surface area contributed by atoms with Gasteiger partial charge in [-0.25, -0.2) is 14.5 Å². The molecule has 4 rings (SSSR count). The Kier molecular flexibility index (Phi) is 6.32. The van der Waals surface area contributed by atoms with E-state index in [2.05, 4.69) is 27.5 Å². The number of hydrogen-bond donors (Lipinski definition) is 1. The molecule has 30 heavy (non-hydrogen) atoms. The lowest BCUT2D eigenvalue weighted by Crippen LogP contribution is -2.36. The molecule has 156 valence electrons. The summed E-state index contributed by atoms with van der Waals surface area (Å²) in [5, 5.41) is 8.19. The van der Waals surface area contributed by atoms with Crippen molar-refractivity contribution in [3.63, 3.8) is 0 Å². The minimum Gasteiger partial charge on any atom is -0.349 e.